The topological polar surface area (TPSA) is 65.1 Å². The second-order valence-corrected chi connectivity index (χ2v) is 3.69. The summed E-state index contributed by atoms with van der Waals surface area (Å²) < 4.78 is 0. The molecule has 1 aromatic rings. The highest BCUT2D eigenvalue weighted by molar-refractivity contribution is 6.41. The van der Waals surface area contributed by atoms with Crippen LogP contribution in [0.2, 0.25) is 10.2 Å². The quantitative estimate of drug-likeness (QED) is 0.744. The van der Waals surface area contributed by atoms with Gasteiger partial charge in [-0.3, -0.25) is 4.79 Å². The predicted octanol–water partition coefficient (Wildman–Crippen LogP) is 1.43. The average Bonchev–Trinajstić information content (AvgIpc) is 2.47. The molecular weight excluding hydrogens is 227 g/mol. The van der Waals surface area contributed by atoms with E-state index in [2.05, 4.69) is 10.3 Å². The Kier molecular flexibility index (Phi) is 3.80. The Bertz CT molecular complexity index is 319. The summed E-state index contributed by atoms with van der Waals surface area (Å²) in [5, 5.41) is 11.8. The smallest absolute Gasteiger partial charge is 0.268 e. The molecule has 0 aliphatic carbocycles. The molecule has 1 rings (SSSR count). The fourth-order valence-electron chi connectivity index (χ4n) is 0.874. The van der Waals surface area contributed by atoms with Crippen molar-refractivity contribution in [3.05, 3.63) is 21.9 Å². The van der Waals surface area contributed by atoms with Crippen molar-refractivity contribution in [3.63, 3.8) is 0 Å². The maximum absolute atomic E-state index is 11.4. The van der Waals surface area contributed by atoms with Crippen molar-refractivity contribution in [2.45, 2.75) is 13.0 Å². The SMILES string of the molecule is C[C@@H](CO)NC(=O)c1cc(Cl)c(Cl)[nH]1. The molecule has 0 aromatic carbocycles. The number of aliphatic hydroxyl groups is 1. The number of carbonyl (C=O) groups excluding carboxylic acids is 1. The molecule has 78 valence electrons. The molecule has 14 heavy (non-hydrogen) atoms. The Morgan fingerprint density at radius 3 is 2.79 bits per heavy atom. The Morgan fingerprint density at radius 2 is 2.36 bits per heavy atom. The predicted molar refractivity (Wildman–Crippen MR) is 54.8 cm³/mol. The molecule has 1 atom stereocenters. The lowest BCUT2D eigenvalue weighted by Crippen LogP contribution is -2.35. The molecule has 4 nitrogen and oxygen atoms in total. The highest BCUT2D eigenvalue weighted by atomic mass is 35.5. The van der Waals surface area contributed by atoms with E-state index in [1.54, 1.807) is 6.92 Å². The van der Waals surface area contributed by atoms with E-state index in [4.69, 9.17) is 28.3 Å². The van der Waals surface area contributed by atoms with Gasteiger partial charge in [-0.1, -0.05) is 23.2 Å². The lowest BCUT2D eigenvalue weighted by molar-refractivity contribution is 0.0918. The zero-order valence-corrected chi connectivity index (χ0v) is 8.99. The largest absolute Gasteiger partial charge is 0.394 e. The molecule has 1 aromatic heterocycles. The van der Waals surface area contributed by atoms with Crippen LogP contribution in [0.4, 0.5) is 0 Å². The fourth-order valence-corrected chi connectivity index (χ4v) is 1.19. The van der Waals surface area contributed by atoms with Crippen molar-refractivity contribution in [2.24, 2.45) is 0 Å². The number of halogens is 2. The summed E-state index contributed by atoms with van der Waals surface area (Å²) >= 11 is 11.3. The summed E-state index contributed by atoms with van der Waals surface area (Å²) in [5.41, 5.74) is 0.278. The standard InChI is InChI=1S/C8H10Cl2N2O2/c1-4(3-13)11-8(14)6-2-5(9)7(10)12-6/h2,4,12-13H,3H2,1H3,(H,11,14)/t4-/m0/s1. The molecule has 6 heteroatoms. The number of H-pyrrole nitrogens is 1. The van der Waals surface area contributed by atoms with Crippen LogP contribution in [-0.2, 0) is 0 Å². The van der Waals surface area contributed by atoms with Gasteiger partial charge in [0.15, 0.2) is 0 Å². The number of rotatable bonds is 3. The first-order valence-electron chi connectivity index (χ1n) is 4.00. The van der Waals surface area contributed by atoms with Crippen molar-refractivity contribution in [1.29, 1.82) is 0 Å². The van der Waals surface area contributed by atoms with Gasteiger partial charge < -0.3 is 15.4 Å². The molecule has 0 saturated carbocycles. The van der Waals surface area contributed by atoms with Crippen LogP contribution < -0.4 is 5.32 Å². The van der Waals surface area contributed by atoms with E-state index in [1.165, 1.54) is 6.07 Å². The van der Waals surface area contributed by atoms with E-state index in [-0.39, 0.29) is 29.4 Å². The van der Waals surface area contributed by atoms with Crippen LogP contribution >= 0.6 is 23.2 Å². The number of aromatic amines is 1. The molecular formula is C8H10Cl2N2O2. The van der Waals surface area contributed by atoms with Gasteiger partial charge in [0.05, 0.1) is 11.6 Å². The van der Waals surface area contributed by atoms with E-state index < -0.39 is 0 Å². The minimum atomic E-state index is -0.347. The maximum Gasteiger partial charge on any atom is 0.268 e. The molecule has 1 heterocycles. The molecule has 3 N–H and O–H groups in total. The first-order chi connectivity index (χ1) is 6.54. The van der Waals surface area contributed by atoms with Gasteiger partial charge in [-0.15, -0.1) is 0 Å². The van der Waals surface area contributed by atoms with Crippen LogP contribution in [0.15, 0.2) is 6.07 Å². The Balaban J connectivity index is 2.70. The van der Waals surface area contributed by atoms with Gasteiger partial charge in [0.2, 0.25) is 0 Å². The molecule has 0 fully saturated rings. The van der Waals surface area contributed by atoms with E-state index in [0.29, 0.717) is 5.02 Å². The third kappa shape index (κ3) is 2.64. The van der Waals surface area contributed by atoms with Crippen molar-refractivity contribution < 1.29 is 9.90 Å². The zero-order valence-electron chi connectivity index (χ0n) is 7.47. The normalized spacial score (nSPS) is 12.6. The minimum Gasteiger partial charge on any atom is -0.394 e. The van der Waals surface area contributed by atoms with Crippen molar-refractivity contribution in [3.8, 4) is 0 Å². The first kappa shape index (κ1) is 11.4. The van der Waals surface area contributed by atoms with Crippen LogP contribution in [0, 0.1) is 0 Å². The van der Waals surface area contributed by atoms with Crippen molar-refractivity contribution in [2.75, 3.05) is 6.61 Å². The molecule has 0 aliphatic rings. The average molecular weight is 237 g/mol. The summed E-state index contributed by atoms with van der Waals surface area (Å²) in [6, 6.07) is 1.13. The molecule has 0 radical (unpaired) electrons. The van der Waals surface area contributed by atoms with Crippen LogP contribution in [0.3, 0.4) is 0 Å². The summed E-state index contributed by atoms with van der Waals surface area (Å²) in [6.45, 7) is 1.57. The number of aromatic nitrogens is 1. The summed E-state index contributed by atoms with van der Waals surface area (Å²) in [4.78, 5) is 14.0. The maximum atomic E-state index is 11.4. The lowest BCUT2D eigenvalue weighted by atomic mass is 10.3. The molecule has 0 unspecified atom stereocenters. The molecule has 0 saturated heterocycles. The molecule has 1 amide bonds. The van der Waals surface area contributed by atoms with Gasteiger partial charge in [0, 0.05) is 6.04 Å². The van der Waals surface area contributed by atoms with Gasteiger partial charge >= 0.3 is 0 Å². The zero-order chi connectivity index (χ0) is 10.7. The Morgan fingerprint density at radius 1 is 1.71 bits per heavy atom. The third-order valence-corrected chi connectivity index (χ3v) is 2.31. The van der Waals surface area contributed by atoms with Gasteiger partial charge in [-0.2, -0.15) is 0 Å². The minimum absolute atomic E-state index is 0.117. The Hall–Kier alpha value is -0.710. The van der Waals surface area contributed by atoms with Gasteiger partial charge in [-0.25, -0.2) is 0 Å². The summed E-state index contributed by atoms with van der Waals surface area (Å²) in [6.07, 6.45) is 0. The second kappa shape index (κ2) is 4.68. The molecule has 0 bridgehead atoms. The fraction of sp³-hybridized carbons (Fsp3) is 0.375. The van der Waals surface area contributed by atoms with Crippen molar-refractivity contribution in [1.82, 2.24) is 10.3 Å². The highest BCUT2D eigenvalue weighted by Gasteiger charge is 2.13. The van der Waals surface area contributed by atoms with Crippen molar-refractivity contribution >= 4 is 29.1 Å². The number of amides is 1. The van der Waals surface area contributed by atoms with Gasteiger partial charge in [0.1, 0.15) is 10.8 Å². The molecule has 0 aliphatic heterocycles. The first-order valence-corrected chi connectivity index (χ1v) is 4.76. The van der Waals surface area contributed by atoms with E-state index in [1.807, 2.05) is 0 Å². The van der Waals surface area contributed by atoms with Crippen LogP contribution in [0.25, 0.3) is 0 Å². The monoisotopic (exact) mass is 236 g/mol. The highest BCUT2D eigenvalue weighted by Crippen LogP contribution is 2.21. The lowest BCUT2D eigenvalue weighted by Gasteiger charge is -2.08. The summed E-state index contributed by atoms with van der Waals surface area (Å²) in [5.74, 6) is -0.347. The van der Waals surface area contributed by atoms with Crippen LogP contribution in [0.5, 0.6) is 0 Å². The van der Waals surface area contributed by atoms with Crippen LogP contribution in [0.1, 0.15) is 17.4 Å². The number of aliphatic hydroxyl groups excluding tert-OH is 1. The number of hydrogen-bond donors (Lipinski definition) is 3. The molecule has 0 spiro atoms. The Labute approximate surface area is 91.2 Å². The van der Waals surface area contributed by atoms with E-state index in [0.717, 1.165) is 0 Å². The summed E-state index contributed by atoms with van der Waals surface area (Å²) in [7, 11) is 0. The van der Waals surface area contributed by atoms with Gasteiger partial charge in [0.25, 0.3) is 5.91 Å². The number of hydrogen-bond acceptors (Lipinski definition) is 2. The number of carbonyl (C=O) groups is 1. The van der Waals surface area contributed by atoms with Gasteiger partial charge in [-0.05, 0) is 13.0 Å². The third-order valence-electron chi connectivity index (χ3n) is 1.62. The number of nitrogens with one attached hydrogen (secondary N) is 2. The van der Waals surface area contributed by atoms with E-state index >= 15 is 0 Å². The van der Waals surface area contributed by atoms with Crippen LogP contribution in [-0.4, -0.2) is 28.6 Å². The second-order valence-electron chi connectivity index (χ2n) is 2.90. The van der Waals surface area contributed by atoms with E-state index in [9.17, 15) is 4.79 Å².